The molecular weight excluding hydrogens is 1060 g/mol. The summed E-state index contributed by atoms with van der Waals surface area (Å²) in [5.74, 6) is -9.03. The van der Waals surface area contributed by atoms with E-state index in [4.69, 9.17) is 11.5 Å². The van der Waals surface area contributed by atoms with Crippen LogP contribution < -0.4 is 59.3 Å². The highest BCUT2D eigenvalue weighted by Gasteiger charge is 2.35. The zero-order valence-corrected chi connectivity index (χ0v) is 47.6. The normalized spacial score (nSPS) is 14.6. The lowest BCUT2D eigenvalue weighted by molar-refractivity contribution is -0.135. The molecule has 0 saturated heterocycles. The molecule has 3 unspecified atom stereocenters. The second-order valence-electron chi connectivity index (χ2n) is 21.5. The molecule has 0 bridgehead atoms. The molecular formula is C56H80N14O12. The molecule has 446 valence electrons. The number of para-hydroxylation sites is 1. The summed E-state index contributed by atoms with van der Waals surface area (Å²) in [5, 5.41) is 35.4. The number of carbonyl (C=O) groups is 11. The SMILES string of the molecule is CC(=O)NC(C(=O)N[C@H](CCC(N)=O)C(=O)N[C@H](Cc1c[nH]c2ccccc12)C(=O)N[C@H](C)C(=O)N[C@@H](C(=O)NCC(=O)N[C@H](Cc1c[nH]cn1)C(=O)NC(CC(C)C)C(O)CC(=O)N[C@H](CC(C)C)C(N)=O)C(C)C)c1ccccc1. The van der Waals surface area contributed by atoms with Crippen molar-refractivity contribution < 1.29 is 57.8 Å². The van der Waals surface area contributed by atoms with E-state index in [1.165, 1.54) is 26.4 Å². The topological polar surface area (TPSA) is 413 Å². The quantitative estimate of drug-likeness (QED) is 0.0282. The number of aromatic amines is 2. The predicted octanol–water partition coefficient (Wildman–Crippen LogP) is -0.667. The summed E-state index contributed by atoms with van der Waals surface area (Å²) in [5.41, 5.74) is 13.0. The highest BCUT2D eigenvalue weighted by molar-refractivity contribution is 5.98. The van der Waals surface area contributed by atoms with Crippen molar-refractivity contribution in [1.29, 1.82) is 0 Å². The van der Waals surface area contributed by atoms with Crippen molar-refractivity contribution in [2.75, 3.05) is 6.54 Å². The van der Waals surface area contributed by atoms with Gasteiger partial charge in [0.15, 0.2) is 0 Å². The Morgan fingerprint density at radius 1 is 0.610 bits per heavy atom. The van der Waals surface area contributed by atoms with Crippen LogP contribution in [0.25, 0.3) is 10.9 Å². The maximum absolute atomic E-state index is 14.3. The number of aliphatic hydroxyl groups excluding tert-OH is 1. The molecule has 0 aliphatic heterocycles. The van der Waals surface area contributed by atoms with Gasteiger partial charge in [0.25, 0.3) is 0 Å². The van der Waals surface area contributed by atoms with Crippen molar-refractivity contribution in [2.24, 2.45) is 29.2 Å². The maximum Gasteiger partial charge on any atom is 0.247 e. The lowest BCUT2D eigenvalue weighted by Gasteiger charge is -2.28. The van der Waals surface area contributed by atoms with E-state index >= 15 is 0 Å². The Morgan fingerprint density at radius 3 is 1.83 bits per heavy atom. The number of hydrogen-bond acceptors (Lipinski definition) is 13. The van der Waals surface area contributed by atoms with Crippen molar-refractivity contribution in [3.05, 3.63) is 90.1 Å². The van der Waals surface area contributed by atoms with E-state index in [2.05, 4.69) is 62.8 Å². The van der Waals surface area contributed by atoms with Crippen LogP contribution in [0.2, 0.25) is 0 Å². The molecule has 82 heavy (non-hydrogen) atoms. The molecule has 4 aromatic rings. The van der Waals surface area contributed by atoms with Gasteiger partial charge in [0, 0.05) is 49.5 Å². The van der Waals surface area contributed by atoms with Crippen LogP contribution in [0.3, 0.4) is 0 Å². The molecule has 0 radical (unpaired) electrons. The number of aliphatic hydroxyl groups is 1. The van der Waals surface area contributed by atoms with Gasteiger partial charge in [-0.05, 0) is 61.1 Å². The number of primary amides is 2. The molecule has 2 aromatic carbocycles. The second-order valence-corrected chi connectivity index (χ2v) is 21.5. The fourth-order valence-corrected chi connectivity index (χ4v) is 8.90. The number of nitrogens with one attached hydrogen (secondary N) is 11. The van der Waals surface area contributed by atoms with Crippen molar-refractivity contribution in [3.63, 3.8) is 0 Å². The van der Waals surface area contributed by atoms with Crippen LogP contribution >= 0.6 is 0 Å². The molecule has 2 aromatic heterocycles. The molecule has 4 rings (SSSR count). The minimum Gasteiger partial charge on any atom is -0.390 e. The molecule has 26 heteroatoms. The van der Waals surface area contributed by atoms with Gasteiger partial charge in [-0.15, -0.1) is 0 Å². The smallest absolute Gasteiger partial charge is 0.247 e. The summed E-state index contributed by atoms with van der Waals surface area (Å²) < 4.78 is 0. The molecule has 26 nitrogen and oxygen atoms in total. The van der Waals surface area contributed by atoms with E-state index in [0.29, 0.717) is 16.8 Å². The molecule has 0 fully saturated rings. The number of amides is 11. The lowest BCUT2D eigenvalue weighted by Crippen LogP contribution is -2.59. The van der Waals surface area contributed by atoms with Gasteiger partial charge in [0.2, 0.25) is 65.0 Å². The number of nitrogens with zero attached hydrogens (tertiary/aromatic N) is 1. The number of rotatable bonds is 33. The minimum atomic E-state index is -1.45. The highest BCUT2D eigenvalue weighted by atomic mass is 16.3. The Morgan fingerprint density at radius 2 is 1.22 bits per heavy atom. The number of nitrogens with two attached hydrogens (primary N) is 2. The van der Waals surface area contributed by atoms with Gasteiger partial charge in [-0.25, -0.2) is 4.98 Å². The van der Waals surface area contributed by atoms with Gasteiger partial charge in [0.05, 0.1) is 37.1 Å². The summed E-state index contributed by atoms with van der Waals surface area (Å²) in [4.78, 5) is 157. The average molecular weight is 1140 g/mol. The number of benzene rings is 2. The zero-order valence-electron chi connectivity index (χ0n) is 47.6. The van der Waals surface area contributed by atoms with Crippen LogP contribution in [0.1, 0.15) is 110 Å². The summed E-state index contributed by atoms with van der Waals surface area (Å²) in [6, 6.07) is 5.46. The van der Waals surface area contributed by atoms with Crippen LogP contribution in [-0.4, -0.2) is 140 Å². The third kappa shape index (κ3) is 21.4. The monoisotopic (exact) mass is 1140 g/mol. The average Bonchev–Trinajstić information content (AvgIpc) is 4.29. The third-order valence-corrected chi connectivity index (χ3v) is 13.1. The van der Waals surface area contributed by atoms with Crippen molar-refractivity contribution in [2.45, 2.75) is 155 Å². The standard InChI is InChI=1S/C56H80N14O12/c1-29(2)20-40(44(72)24-46(74)65-41(50(58)76)21-30(3)4)68-54(80)43(23-36-26-59-28-62-36)66-47(75)27-61-55(81)48(31(5)6)70-51(77)32(7)63-53(79)42(22-35-25-60-38-17-13-12-16-37(35)38)69-52(78)39(18-19-45(57)73)67-56(82)49(64-33(8)71)34-14-10-9-11-15-34/h9-17,25-26,28-32,39-44,48-49,60,72H,18-24,27H2,1-8H3,(H2,57,73)(H2,58,76)(H,59,62)(H,61,81)(H,63,79)(H,64,71)(H,65,74)(H,66,75)(H,67,82)(H,68,80)(H,69,78)(H,70,77)/t32-,39-,40?,41-,42-,43-,44?,48-,49?/m1/s1. The zero-order chi connectivity index (χ0) is 60.8. The fraction of sp³-hybridized carbons (Fsp3) is 0.500. The van der Waals surface area contributed by atoms with Gasteiger partial charge in [-0.3, -0.25) is 52.7 Å². The maximum atomic E-state index is 14.3. The Hall–Kier alpha value is -8.68. The molecule has 11 amide bonds. The predicted molar refractivity (Wildman–Crippen MR) is 301 cm³/mol. The van der Waals surface area contributed by atoms with E-state index in [-0.39, 0.29) is 50.4 Å². The number of imidazole rings is 1. The first-order chi connectivity index (χ1) is 38.7. The van der Waals surface area contributed by atoms with E-state index in [1.807, 2.05) is 33.8 Å². The van der Waals surface area contributed by atoms with Crippen molar-refractivity contribution >= 4 is 75.9 Å². The third-order valence-electron chi connectivity index (χ3n) is 13.1. The number of hydrogen-bond donors (Lipinski definition) is 14. The summed E-state index contributed by atoms with van der Waals surface area (Å²) in [7, 11) is 0. The van der Waals surface area contributed by atoms with E-state index in [1.54, 1.807) is 68.6 Å². The van der Waals surface area contributed by atoms with Crippen LogP contribution in [-0.2, 0) is 65.6 Å². The molecule has 0 aliphatic carbocycles. The van der Waals surface area contributed by atoms with Crippen LogP contribution in [0, 0.1) is 17.8 Å². The first-order valence-electron chi connectivity index (χ1n) is 27.2. The Labute approximate surface area is 475 Å². The number of carbonyl (C=O) groups excluding carboxylic acids is 11. The summed E-state index contributed by atoms with van der Waals surface area (Å²) >= 11 is 0. The number of aromatic nitrogens is 3. The molecule has 2 heterocycles. The van der Waals surface area contributed by atoms with Crippen LogP contribution in [0.5, 0.6) is 0 Å². The highest BCUT2D eigenvalue weighted by Crippen LogP contribution is 2.21. The van der Waals surface area contributed by atoms with Gasteiger partial charge in [-0.2, -0.15) is 0 Å². The van der Waals surface area contributed by atoms with E-state index in [0.717, 1.165) is 10.9 Å². The van der Waals surface area contributed by atoms with Crippen molar-refractivity contribution in [1.82, 2.24) is 62.8 Å². The van der Waals surface area contributed by atoms with Crippen LogP contribution in [0.4, 0.5) is 0 Å². The molecule has 0 spiro atoms. The molecule has 0 aliphatic rings. The largest absolute Gasteiger partial charge is 0.390 e. The van der Waals surface area contributed by atoms with Gasteiger partial charge in [-0.1, -0.05) is 90.1 Å². The van der Waals surface area contributed by atoms with Gasteiger partial charge >= 0.3 is 0 Å². The summed E-state index contributed by atoms with van der Waals surface area (Å²) in [6.45, 7) is 12.6. The Bertz CT molecular complexity index is 2840. The Kier molecular flexibility index (Phi) is 25.6. The number of fused-ring (bicyclic) bond motifs is 1. The van der Waals surface area contributed by atoms with Gasteiger partial charge < -0.3 is 74.4 Å². The minimum absolute atomic E-state index is 0.0292. The molecule has 0 saturated carbocycles. The second kappa shape index (κ2) is 31.9. The fourth-order valence-electron chi connectivity index (χ4n) is 8.90. The molecule has 9 atom stereocenters. The van der Waals surface area contributed by atoms with Crippen LogP contribution in [0.15, 0.2) is 73.3 Å². The van der Waals surface area contributed by atoms with E-state index < -0.39 is 138 Å². The number of H-pyrrole nitrogens is 2. The van der Waals surface area contributed by atoms with E-state index in [9.17, 15) is 57.8 Å². The van der Waals surface area contributed by atoms with Crippen molar-refractivity contribution in [3.8, 4) is 0 Å². The van der Waals surface area contributed by atoms with Gasteiger partial charge in [0.1, 0.15) is 42.3 Å². The Balaban J connectivity index is 1.47. The summed E-state index contributed by atoms with van der Waals surface area (Å²) in [6.07, 6.45) is 2.25. The first-order valence-corrected chi connectivity index (χ1v) is 27.2. The molecule has 16 N–H and O–H groups in total. The lowest BCUT2D eigenvalue weighted by atomic mass is 9.96. The first kappa shape index (κ1) is 65.8.